The van der Waals surface area contributed by atoms with Gasteiger partial charge in [0.15, 0.2) is 6.10 Å². The molecular formula is C115H202O16P2. The summed E-state index contributed by atoms with van der Waals surface area (Å²) in [5.74, 6) is -1.55. The maximum atomic E-state index is 13.2. The lowest BCUT2D eigenvalue weighted by Gasteiger charge is -2.21. The fourth-order valence-electron chi connectivity index (χ4n) is 15.5. The molecule has 4 N–H and O–H groups in total. The average molecular weight is 1900 g/mol. The van der Waals surface area contributed by atoms with Crippen LogP contribution < -0.4 is 0 Å². The van der Waals surface area contributed by atoms with Crippen molar-refractivity contribution < 1.29 is 75.8 Å². The molecule has 0 radical (unpaired) electrons. The van der Waals surface area contributed by atoms with E-state index in [1.165, 1.54) is 302 Å². The van der Waals surface area contributed by atoms with E-state index in [0.29, 0.717) is 19.3 Å². The highest BCUT2D eigenvalue weighted by molar-refractivity contribution is 7.47. The van der Waals surface area contributed by atoms with E-state index in [1.807, 2.05) is 0 Å². The average Bonchev–Trinajstić information content (AvgIpc) is 0.896. The summed E-state index contributed by atoms with van der Waals surface area (Å²) in [6, 6.07) is 0. The highest BCUT2D eigenvalue weighted by Crippen LogP contribution is 2.45. The van der Waals surface area contributed by atoms with E-state index >= 15 is 0 Å². The summed E-state index contributed by atoms with van der Waals surface area (Å²) in [5.41, 5.74) is 0. The number of hydrogen-bond donors (Lipinski definition) is 4. The molecule has 0 aliphatic heterocycles. The summed E-state index contributed by atoms with van der Waals surface area (Å²) in [6.45, 7) is 2.62. The Kier molecular flexibility index (Phi) is 102. The predicted molar refractivity (Wildman–Crippen MR) is 565 cm³/mol. The molecule has 0 heterocycles. The van der Waals surface area contributed by atoms with Gasteiger partial charge in [-0.1, -0.05) is 481 Å². The summed E-state index contributed by atoms with van der Waals surface area (Å²) < 4.78 is 61.8. The zero-order chi connectivity index (χ0) is 96.4. The SMILES string of the molecule is CC/C=C\C/C=C\C/C=C\C/C=C\C/C=C\CCCCCCCCCCCCCCCCCCCC(=O)OCC(O)COP(=O)(O)OCC(O)COP(=O)(O)OCC(COC(=O)CCCCCCCCCCCCCCCCCCC/C=C\C/C=C\C/C=C\C/C=C\CCCCC)OC(=O)CCCCCCCCCCCCCCCCC/C=C\C/C=C\C/C=C\C/C=C\CCCCC. The Morgan fingerprint density at radius 1 is 0.218 bits per heavy atom. The Balaban J connectivity index is 4.60. The fraction of sp³-hybridized carbons (Fsp3) is 0.748. The number of rotatable bonds is 104. The topological polar surface area (TPSA) is 231 Å². The molecule has 0 saturated carbocycles. The third-order valence-electron chi connectivity index (χ3n) is 23.7. The van der Waals surface area contributed by atoms with Crippen molar-refractivity contribution in [1.82, 2.24) is 0 Å². The lowest BCUT2D eigenvalue weighted by Crippen LogP contribution is -2.30. The molecule has 18 heteroatoms. The van der Waals surface area contributed by atoms with E-state index in [9.17, 15) is 43.5 Å². The van der Waals surface area contributed by atoms with Crippen molar-refractivity contribution in [2.75, 3.05) is 39.6 Å². The first-order valence-corrected chi connectivity index (χ1v) is 57.8. The largest absolute Gasteiger partial charge is 0.472 e. The number of phosphoric acid groups is 2. The quantitative estimate of drug-likeness (QED) is 0.0146. The summed E-state index contributed by atoms with van der Waals surface area (Å²) >= 11 is 0. The zero-order valence-electron chi connectivity index (χ0n) is 85.4. The van der Waals surface area contributed by atoms with Crippen molar-refractivity contribution in [3.05, 3.63) is 158 Å². The van der Waals surface area contributed by atoms with Gasteiger partial charge >= 0.3 is 33.6 Å². The number of phosphoric ester groups is 2. The van der Waals surface area contributed by atoms with E-state index in [4.69, 9.17) is 32.3 Å². The second-order valence-corrected chi connectivity index (χ2v) is 39.6. The maximum absolute atomic E-state index is 13.2. The van der Waals surface area contributed by atoms with Crippen molar-refractivity contribution >= 4 is 33.6 Å². The monoisotopic (exact) mass is 1900 g/mol. The molecule has 0 aromatic rings. The van der Waals surface area contributed by atoms with Crippen LogP contribution in [0.5, 0.6) is 0 Å². The lowest BCUT2D eigenvalue weighted by molar-refractivity contribution is -0.161. The second kappa shape index (κ2) is 106. The van der Waals surface area contributed by atoms with Gasteiger partial charge in [-0.2, -0.15) is 0 Å². The molecule has 768 valence electrons. The Bertz CT molecular complexity index is 3050. The van der Waals surface area contributed by atoms with E-state index < -0.39 is 91.5 Å². The standard InChI is InChI=1S/C115H202O16P2/c1-4-7-10-13-16-19-22-25-28-31-34-37-40-43-46-49-52-54-57-59-62-65-68-71-74-77-80-83-86-89-92-95-98-101-113(118)125-104-110(116)105-127-132(121,122)128-106-111(117)107-129-133(123,124)130-109-112(131-115(120)103-100-97-94-91-88-85-82-79-76-73-70-67-64-61-56-51-48-45-42-39-36-33-30-27-24-21-18-15-12-9-6-3)108-126-114(119)102-99-96-93-90-87-84-81-78-75-72-69-66-63-60-58-55-53-50-47-44-41-38-35-32-29-26-23-20-17-14-11-8-5-2/h7,10,16-21,25-30,34-39,43-48,110-112,116-117H,4-6,8-9,11-15,22-24,31-33,40-42,49-109H2,1-3H3,(H,121,122)(H,123,124)/b10-7-,19-16-,20-17-,21-18-,28-25-,29-26-,30-27-,37-34-,38-35-,39-36-,46-43-,47-44-,48-45-. The first-order valence-electron chi connectivity index (χ1n) is 54.8. The molecule has 0 aromatic carbocycles. The summed E-state index contributed by atoms with van der Waals surface area (Å²) in [7, 11) is -9.82. The molecule has 133 heavy (non-hydrogen) atoms. The third-order valence-corrected chi connectivity index (χ3v) is 25.6. The lowest BCUT2D eigenvalue weighted by atomic mass is 10.0. The Morgan fingerprint density at radius 2 is 0.398 bits per heavy atom. The molecule has 0 aliphatic rings. The highest BCUT2D eigenvalue weighted by atomic mass is 31.2. The smallest absolute Gasteiger partial charge is 0.463 e. The molecule has 0 amide bonds. The molecule has 0 saturated heterocycles. The van der Waals surface area contributed by atoms with Gasteiger partial charge in [-0.25, -0.2) is 9.13 Å². The molecule has 0 rings (SSSR count). The minimum absolute atomic E-state index is 0.104. The Labute approximate surface area is 816 Å². The minimum atomic E-state index is -4.95. The van der Waals surface area contributed by atoms with Gasteiger partial charge in [0.1, 0.15) is 25.4 Å². The van der Waals surface area contributed by atoms with Crippen LogP contribution in [0.3, 0.4) is 0 Å². The van der Waals surface area contributed by atoms with Crippen LogP contribution >= 0.6 is 15.6 Å². The van der Waals surface area contributed by atoms with E-state index in [2.05, 4.69) is 179 Å². The van der Waals surface area contributed by atoms with Crippen molar-refractivity contribution in [3.8, 4) is 0 Å². The highest BCUT2D eigenvalue weighted by Gasteiger charge is 2.30. The summed E-state index contributed by atoms with van der Waals surface area (Å²) in [6.07, 6.45) is 139. The van der Waals surface area contributed by atoms with E-state index in [-0.39, 0.29) is 19.3 Å². The minimum Gasteiger partial charge on any atom is -0.463 e. The van der Waals surface area contributed by atoms with Crippen LogP contribution in [0.25, 0.3) is 0 Å². The number of allylic oxidation sites excluding steroid dienone is 26. The number of aliphatic hydroxyl groups excluding tert-OH is 2. The number of carbonyl (C=O) groups excluding carboxylic acids is 3. The number of carbonyl (C=O) groups is 3. The van der Waals surface area contributed by atoms with Gasteiger partial charge in [-0.15, -0.1) is 0 Å². The third kappa shape index (κ3) is 107. The van der Waals surface area contributed by atoms with Crippen LogP contribution in [0.15, 0.2) is 158 Å². The molecule has 0 bridgehead atoms. The van der Waals surface area contributed by atoms with E-state index in [1.54, 1.807) is 0 Å². The second-order valence-electron chi connectivity index (χ2n) is 36.7. The normalized spacial score (nSPS) is 14.2. The molecule has 0 aromatic heterocycles. The maximum Gasteiger partial charge on any atom is 0.472 e. The molecule has 0 fully saturated rings. The molecule has 0 aliphatic carbocycles. The van der Waals surface area contributed by atoms with Crippen molar-refractivity contribution in [1.29, 1.82) is 0 Å². The molecule has 16 nitrogen and oxygen atoms in total. The van der Waals surface area contributed by atoms with Gasteiger partial charge in [0.25, 0.3) is 0 Å². The van der Waals surface area contributed by atoms with Gasteiger partial charge in [-0.05, 0) is 154 Å². The van der Waals surface area contributed by atoms with Gasteiger partial charge in [-0.3, -0.25) is 32.5 Å². The van der Waals surface area contributed by atoms with Crippen molar-refractivity contribution in [2.24, 2.45) is 0 Å². The fourth-order valence-corrected chi connectivity index (χ4v) is 17.0. The Morgan fingerprint density at radius 3 is 0.632 bits per heavy atom. The van der Waals surface area contributed by atoms with Gasteiger partial charge < -0.3 is 34.2 Å². The van der Waals surface area contributed by atoms with E-state index in [0.717, 1.165) is 135 Å². The molecular weight excluding hydrogens is 1700 g/mol. The van der Waals surface area contributed by atoms with Crippen LogP contribution in [0.1, 0.15) is 496 Å². The van der Waals surface area contributed by atoms with Crippen LogP contribution in [0, 0.1) is 0 Å². The van der Waals surface area contributed by atoms with Crippen LogP contribution in [-0.4, -0.2) is 95.9 Å². The number of hydrogen-bond acceptors (Lipinski definition) is 14. The van der Waals surface area contributed by atoms with Crippen LogP contribution in [0.4, 0.5) is 0 Å². The predicted octanol–water partition coefficient (Wildman–Crippen LogP) is 35.1. The number of aliphatic hydroxyl groups is 2. The van der Waals surface area contributed by atoms with Crippen LogP contribution in [-0.2, 0) is 55.8 Å². The number of ether oxygens (including phenoxy) is 3. The summed E-state index contributed by atoms with van der Waals surface area (Å²) in [4.78, 5) is 59.3. The molecule has 5 atom stereocenters. The van der Waals surface area contributed by atoms with Crippen LogP contribution in [0.2, 0.25) is 0 Å². The zero-order valence-corrected chi connectivity index (χ0v) is 87.2. The van der Waals surface area contributed by atoms with Gasteiger partial charge in [0.05, 0.1) is 26.4 Å². The first kappa shape index (κ1) is 128. The van der Waals surface area contributed by atoms with Gasteiger partial charge in [0.2, 0.25) is 0 Å². The van der Waals surface area contributed by atoms with Gasteiger partial charge in [0, 0.05) is 19.3 Å². The number of esters is 3. The van der Waals surface area contributed by atoms with Crippen molar-refractivity contribution in [2.45, 2.75) is 514 Å². The number of unbranched alkanes of at least 4 members (excludes halogenated alkanes) is 55. The first-order chi connectivity index (χ1) is 65.2. The molecule has 0 spiro atoms. The van der Waals surface area contributed by atoms with Crippen molar-refractivity contribution in [3.63, 3.8) is 0 Å². The summed E-state index contributed by atoms with van der Waals surface area (Å²) in [5, 5.41) is 20.8. The Hall–Kier alpha value is -4.83. The molecule has 5 unspecified atom stereocenters.